The lowest BCUT2D eigenvalue weighted by molar-refractivity contribution is -0.140. The summed E-state index contributed by atoms with van der Waals surface area (Å²) in [4.78, 5) is 28.8. The molecule has 2 aromatic carbocycles. The van der Waals surface area contributed by atoms with Crippen LogP contribution in [0.15, 0.2) is 54.6 Å². The number of nitrogens with one attached hydrogen (secondary N) is 1. The number of carbonyl (C=O) groups is 2. The Kier molecular flexibility index (Phi) is 6.34. The molecule has 2 aromatic rings. The van der Waals surface area contributed by atoms with Gasteiger partial charge in [0, 0.05) is 28.5 Å². The number of hydrogen-bond donors (Lipinski definition) is 2. The molecule has 1 unspecified atom stereocenters. The van der Waals surface area contributed by atoms with Crippen LogP contribution in [0.2, 0.25) is 5.02 Å². The molecule has 3 rings (SSSR count). The zero-order valence-electron chi connectivity index (χ0n) is 16.1. The summed E-state index contributed by atoms with van der Waals surface area (Å²) in [5, 5.41) is 7.66. The summed E-state index contributed by atoms with van der Waals surface area (Å²) in [6, 6.07) is 14.8. The van der Waals surface area contributed by atoms with Gasteiger partial charge in [-0.25, -0.2) is 0 Å². The molecule has 0 radical (unpaired) electrons. The normalized spacial score (nSPS) is 16.1. The van der Waals surface area contributed by atoms with Crippen molar-refractivity contribution in [3.8, 4) is 0 Å². The van der Waals surface area contributed by atoms with Crippen molar-refractivity contribution in [2.24, 2.45) is 5.73 Å². The van der Waals surface area contributed by atoms with Crippen LogP contribution in [0, 0.1) is 5.41 Å². The zero-order valence-corrected chi connectivity index (χ0v) is 16.9. The molecule has 29 heavy (non-hydrogen) atoms. The standard InChI is InChI=1S/C22H23ClN4O2/c1-15(11-16-5-3-2-4-6-16)26-13-22(29)27(14-21(26)28)20-12-17(23)7-8-18(20)19(25)9-10-24/h2-10,12,15,24H,11,13-14,25H2,1H3/b19-9-,24-10?. The Labute approximate surface area is 175 Å². The second-order valence-electron chi connectivity index (χ2n) is 6.99. The van der Waals surface area contributed by atoms with Crippen molar-refractivity contribution in [1.82, 2.24) is 4.90 Å². The molecule has 1 atom stereocenters. The third kappa shape index (κ3) is 4.66. The van der Waals surface area contributed by atoms with Gasteiger partial charge in [0.2, 0.25) is 11.8 Å². The number of nitrogens with zero attached hydrogens (tertiary/aromatic N) is 2. The van der Waals surface area contributed by atoms with Crippen LogP contribution >= 0.6 is 11.6 Å². The molecule has 7 heteroatoms. The van der Waals surface area contributed by atoms with Gasteiger partial charge in [-0.2, -0.15) is 0 Å². The highest BCUT2D eigenvalue weighted by Gasteiger charge is 2.34. The lowest BCUT2D eigenvalue weighted by atomic mass is 10.0. The average Bonchev–Trinajstić information content (AvgIpc) is 2.70. The second kappa shape index (κ2) is 8.92. The summed E-state index contributed by atoms with van der Waals surface area (Å²) in [5.74, 6) is -0.329. The minimum absolute atomic E-state index is 0.00697. The molecule has 0 spiro atoms. The van der Waals surface area contributed by atoms with E-state index in [9.17, 15) is 9.59 Å². The number of anilines is 1. The Balaban J connectivity index is 1.83. The molecule has 2 amide bonds. The van der Waals surface area contributed by atoms with Gasteiger partial charge in [-0.05, 0) is 43.2 Å². The zero-order chi connectivity index (χ0) is 21.0. The number of rotatable bonds is 6. The van der Waals surface area contributed by atoms with Crippen molar-refractivity contribution in [2.75, 3.05) is 18.0 Å². The molecule has 3 N–H and O–H groups in total. The van der Waals surface area contributed by atoms with Crippen LogP contribution in [0.25, 0.3) is 5.70 Å². The van der Waals surface area contributed by atoms with Crippen molar-refractivity contribution in [1.29, 1.82) is 5.41 Å². The van der Waals surface area contributed by atoms with Gasteiger partial charge in [0.25, 0.3) is 0 Å². The highest BCUT2D eigenvalue weighted by atomic mass is 35.5. The summed E-state index contributed by atoms with van der Waals surface area (Å²) in [7, 11) is 0. The largest absolute Gasteiger partial charge is 0.398 e. The molecule has 150 valence electrons. The van der Waals surface area contributed by atoms with E-state index in [1.165, 1.54) is 11.0 Å². The maximum absolute atomic E-state index is 12.9. The SMILES string of the molecule is CC(Cc1ccccc1)N1CC(=O)N(c2cc(Cl)ccc2/C(N)=C/C=N)CC1=O. The van der Waals surface area contributed by atoms with E-state index in [1.807, 2.05) is 37.3 Å². The van der Waals surface area contributed by atoms with Gasteiger partial charge in [-0.1, -0.05) is 41.9 Å². The molecule has 1 fully saturated rings. The Bertz CT molecular complexity index is 959. The number of benzene rings is 2. The first-order chi connectivity index (χ1) is 13.9. The summed E-state index contributed by atoms with van der Waals surface area (Å²) >= 11 is 6.13. The van der Waals surface area contributed by atoms with Gasteiger partial charge in [-0.15, -0.1) is 0 Å². The molecule has 1 heterocycles. The molecule has 1 aliphatic heterocycles. The van der Waals surface area contributed by atoms with Crippen molar-refractivity contribution < 1.29 is 9.59 Å². The van der Waals surface area contributed by atoms with Crippen LogP contribution < -0.4 is 10.6 Å². The number of allylic oxidation sites excluding steroid dienone is 1. The first-order valence-corrected chi connectivity index (χ1v) is 9.68. The third-order valence-electron chi connectivity index (χ3n) is 4.95. The van der Waals surface area contributed by atoms with Gasteiger partial charge >= 0.3 is 0 Å². The van der Waals surface area contributed by atoms with E-state index in [4.69, 9.17) is 22.7 Å². The van der Waals surface area contributed by atoms with E-state index in [-0.39, 0.29) is 30.9 Å². The molecule has 0 aromatic heterocycles. The van der Waals surface area contributed by atoms with Gasteiger partial charge in [0.1, 0.15) is 13.1 Å². The Hall–Kier alpha value is -3.12. The first kappa shape index (κ1) is 20.6. The van der Waals surface area contributed by atoms with Crippen LogP contribution in [0.4, 0.5) is 5.69 Å². The molecular formula is C22H23ClN4O2. The molecule has 0 bridgehead atoms. The van der Waals surface area contributed by atoms with Gasteiger partial charge in [-0.3, -0.25) is 9.59 Å². The van der Waals surface area contributed by atoms with Crippen LogP contribution in [-0.4, -0.2) is 42.1 Å². The smallest absolute Gasteiger partial charge is 0.247 e. The lowest BCUT2D eigenvalue weighted by Gasteiger charge is -2.38. The van der Waals surface area contributed by atoms with Gasteiger partial charge in [0.15, 0.2) is 0 Å². The van der Waals surface area contributed by atoms with E-state index in [2.05, 4.69) is 0 Å². The van der Waals surface area contributed by atoms with E-state index in [0.29, 0.717) is 28.4 Å². The predicted molar refractivity (Wildman–Crippen MR) is 116 cm³/mol. The molecule has 0 saturated carbocycles. The van der Waals surface area contributed by atoms with E-state index < -0.39 is 0 Å². The van der Waals surface area contributed by atoms with Crippen LogP contribution in [0.1, 0.15) is 18.1 Å². The molecular weight excluding hydrogens is 388 g/mol. The third-order valence-corrected chi connectivity index (χ3v) is 5.19. The van der Waals surface area contributed by atoms with E-state index in [1.54, 1.807) is 23.1 Å². The monoisotopic (exact) mass is 410 g/mol. The van der Waals surface area contributed by atoms with Crippen LogP contribution in [-0.2, 0) is 16.0 Å². The fourth-order valence-corrected chi connectivity index (χ4v) is 3.64. The van der Waals surface area contributed by atoms with Gasteiger partial charge < -0.3 is 20.9 Å². The second-order valence-corrected chi connectivity index (χ2v) is 7.43. The summed E-state index contributed by atoms with van der Waals surface area (Å²) in [6.07, 6.45) is 3.18. The van der Waals surface area contributed by atoms with Crippen molar-refractivity contribution in [3.05, 3.63) is 70.8 Å². The topological polar surface area (TPSA) is 90.5 Å². The lowest BCUT2D eigenvalue weighted by Crippen LogP contribution is -2.57. The molecule has 6 nitrogen and oxygen atoms in total. The number of halogens is 1. The number of carbonyl (C=O) groups excluding carboxylic acids is 2. The molecule has 0 aliphatic carbocycles. The van der Waals surface area contributed by atoms with E-state index >= 15 is 0 Å². The quantitative estimate of drug-likeness (QED) is 0.717. The Morgan fingerprint density at radius 2 is 1.90 bits per heavy atom. The van der Waals surface area contributed by atoms with Crippen molar-refractivity contribution in [3.63, 3.8) is 0 Å². The summed E-state index contributed by atoms with van der Waals surface area (Å²) < 4.78 is 0. The number of hydrogen-bond acceptors (Lipinski definition) is 4. The van der Waals surface area contributed by atoms with E-state index in [0.717, 1.165) is 11.8 Å². The number of amides is 2. The Morgan fingerprint density at radius 3 is 2.59 bits per heavy atom. The minimum atomic E-state index is -0.198. The Morgan fingerprint density at radius 1 is 1.17 bits per heavy atom. The maximum Gasteiger partial charge on any atom is 0.247 e. The van der Waals surface area contributed by atoms with Crippen LogP contribution in [0.5, 0.6) is 0 Å². The fraction of sp³-hybridized carbons (Fsp3) is 0.227. The first-order valence-electron chi connectivity index (χ1n) is 9.30. The highest BCUT2D eigenvalue weighted by molar-refractivity contribution is 6.31. The maximum atomic E-state index is 12.9. The summed E-state index contributed by atoms with van der Waals surface area (Å²) in [6.45, 7) is 1.86. The van der Waals surface area contributed by atoms with Gasteiger partial charge in [0.05, 0.1) is 5.69 Å². The fourth-order valence-electron chi connectivity index (χ4n) is 3.47. The van der Waals surface area contributed by atoms with Crippen LogP contribution in [0.3, 0.4) is 0 Å². The average molecular weight is 411 g/mol. The molecule has 1 saturated heterocycles. The summed E-state index contributed by atoms with van der Waals surface area (Å²) in [5.41, 5.74) is 8.51. The number of piperazine rings is 1. The molecule has 1 aliphatic rings. The number of nitrogens with two attached hydrogens (primary N) is 1. The van der Waals surface area contributed by atoms with Crippen molar-refractivity contribution in [2.45, 2.75) is 19.4 Å². The minimum Gasteiger partial charge on any atom is -0.398 e. The van der Waals surface area contributed by atoms with Crippen molar-refractivity contribution >= 4 is 41.0 Å². The highest BCUT2D eigenvalue weighted by Crippen LogP contribution is 2.30. The predicted octanol–water partition coefficient (Wildman–Crippen LogP) is 3.10.